The van der Waals surface area contributed by atoms with E-state index in [1.54, 1.807) is 24.3 Å². The van der Waals surface area contributed by atoms with E-state index in [9.17, 15) is 4.79 Å². The fraction of sp³-hybridized carbons (Fsp3) is 0.143. The van der Waals surface area contributed by atoms with Crippen LogP contribution in [0.15, 0.2) is 42.5 Å². The molecule has 1 aromatic carbocycles. The highest BCUT2D eigenvalue weighted by Gasteiger charge is 2.09. The van der Waals surface area contributed by atoms with Crippen LogP contribution in [0, 0.1) is 0 Å². The maximum atomic E-state index is 11.0. The van der Waals surface area contributed by atoms with Crippen molar-refractivity contribution in [2.45, 2.75) is 0 Å². The summed E-state index contributed by atoms with van der Waals surface area (Å²) in [5.74, 6) is 0.582. The van der Waals surface area contributed by atoms with Gasteiger partial charge in [0.05, 0.1) is 12.8 Å². The summed E-state index contributed by atoms with van der Waals surface area (Å²) in [4.78, 5) is 15.1. The maximum absolute atomic E-state index is 11.0. The van der Waals surface area contributed by atoms with E-state index in [1.807, 2.05) is 18.2 Å². The van der Waals surface area contributed by atoms with Crippen LogP contribution >= 0.6 is 0 Å². The van der Waals surface area contributed by atoms with E-state index >= 15 is 0 Å². The van der Waals surface area contributed by atoms with Crippen LogP contribution in [0.2, 0.25) is 0 Å². The molecule has 2 rings (SSSR count). The molecule has 6 nitrogen and oxygen atoms in total. The number of rotatable bonds is 5. The number of ether oxygens (including phenoxy) is 3. The lowest BCUT2D eigenvalue weighted by Gasteiger charge is -2.09. The normalized spacial score (nSPS) is 9.85. The van der Waals surface area contributed by atoms with E-state index in [0.29, 0.717) is 17.3 Å². The number of benzene rings is 1. The second-order valence-electron chi connectivity index (χ2n) is 3.82. The predicted octanol–water partition coefficient (Wildman–Crippen LogP) is 2.01. The minimum atomic E-state index is -0.513. The van der Waals surface area contributed by atoms with E-state index in [0.717, 1.165) is 0 Å². The van der Waals surface area contributed by atoms with Crippen LogP contribution in [0.5, 0.6) is 17.5 Å². The first-order valence-corrected chi connectivity index (χ1v) is 5.88. The fourth-order valence-corrected chi connectivity index (χ4v) is 1.40. The van der Waals surface area contributed by atoms with Gasteiger partial charge in [-0.15, -0.1) is 0 Å². The van der Waals surface area contributed by atoms with Crippen molar-refractivity contribution >= 4 is 11.7 Å². The zero-order valence-corrected chi connectivity index (χ0v) is 10.9. The Hall–Kier alpha value is -2.76. The predicted molar refractivity (Wildman–Crippen MR) is 72.7 cm³/mol. The zero-order chi connectivity index (χ0) is 14.4. The minimum Gasteiger partial charge on any atom is -0.466 e. The molecule has 104 valence electrons. The fourth-order valence-electron chi connectivity index (χ4n) is 1.40. The number of anilines is 1. The van der Waals surface area contributed by atoms with Gasteiger partial charge in [0.2, 0.25) is 11.8 Å². The molecule has 0 aliphatic rings. The van der Waals surface area contributed by atoms with Gasteiger partial charge in [0.1, 0.15) is 5.75 Å². The Morgan fingerprint density at radius 3 is 2.65 bits per heavy atom. The molecule has 0 radical (unpaired) electrons. The molecule has 0 fully saturated rings. The summed E-state index contributed by atoms with van der Waals surface area (Å²) in [7, 11) is 1.28. The molecule has 1 aromatic heterocycles. The number of carbonyl (C=O) groups is 1. The molecule has 0 atom stereocenters. The van der Waals surface area contributed by atoms with Crippen LogP contribution in [0.3, 0.4) is 0 Å². The monoisotopic (exact) mass is 274 g/mol. The SMILES string of the molecule is COC(=O)COc1nc(Oc2ccccc2)ccc1N. The number of para-hydroxylation sites is 1. The summed E-state index contributed by atoms with van der Waals surface area (Å²) in [6.07, 6.45) is 0. The van der Waals surface area contributed by atoms with E-state index in [2.05, 4.69) is 9.72 Å². The summed E-state index contributed by atoms with van der Waals surface area (Å²) < 4.78 is 15.2. The van der Waals surface area contributed by atoms with Gasteiger partial charge in [-0.3, -0.25) is 0 Å². The van der Waals surface area contributed by atoms with Crippen molar-refractivity contribution in [1.29, 1.82) is 0 Å². The van der Waals surface area contributed by atoms with Crippen LogP contribution < -0.4 is 15.2 Å². The number of aromatic nitrogens is 1. The minimum absolute atomic E-state index is 0.129. The zero-order valence-electron chi connectivity index (χ0n) is 10.9. The molecule has 20 heavy (non-hydrogen) atoms. The smallest absolute Gasteiger partial charge is 0.343 e. The third-order valence-electron chi connectivity index (χ3n) is 2.38. The molecular weight excluding hydrogens is 260 g/mol. The van der Waals surface area contributed by atoms with E-state index in [1.165, 1.54) is 7.11 Å². The number of carbonyl (C=O) groups excluding carboxylic acids is 1. The van der Waals surface area contributed by atoms with Gasteiger partial charge < -0.3 is 19.9 Å². The molecule has 0 aliphatic carbocycles. The largest absolute Gasteiger partial charge is 0.466 e. The maximum Gasteiger partial charge on any atom is 0.343 e. The number of esters is 1. The molecule has 0 amide bonds. The van der Waals surface area contributed by atoms with Crippen molar-refractivity contribution in [2.24, 2.45) is 0 Å². The van der Waals surface area contributed by atoms with Crippen molar-refractivity contribution in [3.05, 3.63) is 42.5 Å². The summed E-state index contributed by atoms with van der Waals surface area (Å²) >= 11 is 0. The second kappa shape index (κ2) is 6.42. The number of pyridine rings is 1. The van der Waals surface area contributed by atoms with Crippen molar-refractivity contribution in [1.82, 2.24) is 4.98 Å². The quantitative estimate of drug-likeness (QED) is 0.840. The average molecular weight is 274 g/mol. The lowest BCUT2D eigenvalue weighted by atomic mass is 10.3. The van der Waals surface area contributed by atoms with Crippen molar-refractivity contribution in [3.63, 3.8) is 0 Å². The number of nitrogens with zero attached hydrogens (tertiary/aromatic N) is 1. The van der Waals surface area contributed by atoms with E-state index in [-0.39, 0.29) is 12.5 Å². The van der Waals surface area contributed by atoms with Crippen LogP contribution in [0.1, 0.15) is 0 Å². The molecular formula is C14H14N2O4. The first-order chi connectivity index (χ1) is 9.69. The third kappa shape index (κ3) is 3.61. The summed E-state index contributed by atoms with van der Waals surface area (Å²) in [6, 6.07) is 12.4. The molecule has 0 aliphatic heterocycles. The molecule has 0 unspecified atom stereocenters. The van der Waals surface area contributed by atoms with Gasteiger partial charge in [-0.05, 0) is 18.2 Å². The first kappa shape index (κ1) is 13.7. The number of nitrogens with two attached hydrogens (primary N) is 1. The lowest BCUT2D eigenvalue weighted by Crippen LogP contribution is -2.14. The van der Waals surface area contributed by atoms with E-state index < -0.39 is 5.97 Å². The topological polar surface area (TPSA) is 83.7 Å². The number of nitrogen functional groups attached to an aromatic ring is 1. The molecule has 2 aromatic rings. The first-order valence-electron chi connectivity index (χ1n) is 5.88. The highest BCUT2D eigenvalue weighted by molar-refractivity contribution is 5.71. The Bertz CT molecular complexity index is 587. The van der Waals surface area contributed by atoms with Crippen molar-refractivity contribution < 1.29 is 19.0 Å². The van der Waals surface area contributed by atoms with Crippen LogP contribution in [-0.4, -0.2) is 24.7 Å². The standard InChI is InChI=1S/C14H14N2O4/c1-18-13(17)9-19-14-11(15)7-8-12(16-14)20-10-5-3-2-4-6-10/h2-8H,9,15H2,1H3. The Balaban J connectivity index is 2.10. The lowest BCUT2D eigenvalue weighted by molar-refractivity contribution is -0.143. The van der Waals surface area contributed by atoms with Gasteiger partial charge in [-0.1, -0.05) is 18.2 Å². The Morgan fingerprint density at radius 1 is 1.20 bits per heavy atom. The van der Waals surface area contributed by atoms with Gasteiger partial charge in [0.25, 0.3) is 0 Å². The van der Waals surface area contributed by atoms with Crippen LogP contribution in [0.25, 0.3) is 0 Å². The molecule has 1 heterocycles. The second-order valence-corrected chi connectivity index (χ2v) is 3.82. The Kier molecular flexibility index (Phi) is 4.39. The van der Waals surface area contributed by atoms with Crippen LogP contribution in [0.4, 0.5) is 5.69 Å². The molecule has 2 N–H and O–H groups in total. The van der Waals surface area contributed by atoms with E-state index in [4.69, 9.17) is 15.2 Å². The summed E-state index contributed by atoms with van der Waals surface area (Å²) in [6.45, 7) is -0.261. The molecule has 0 bridgehead atoms. The third-order valence-corrected chi connectivity index (χ3v) is 2.38. The number of hydrogen-bond donors (Lipinski definition) is 1. The highest BCUT2D eigenvalue weighted by atomic mass is 16.6. The van der Waals surface area contributed by atoms with Gasteiger partial charge in [0, 0.05) is 6.07 Å². The molecule has 0 saturated heterocycles. The van der Waals surface area contributed by atoms with Crippen molar-refractivity contribution in [2.75, 3.05) is 19.5 Å². The summed E-state index contributed by atoms with van der Waals surface area (Å²) in [5, 5.41) is 0. The average Bonchev–Trinajstić information content (AvgIpc) is 2.48. The Labute approximate surface area is 116 Å². The van der Waals surface area contributed by atoms with Gasteiger partial charge in [0.15, 0.2) is 6.61 Å². The highest BCUT2D eigenvalue weighted by Crippen LogP contribution is 2.25. The number of methoxy groups -OCH3 is 1. The molecule has 0 saturated carbocycles. The summed E-state index contributed by atoms with van der Waals surface area (Å²) in [5.41, 5.74) is 6.03. The van der Waals surface area contributed by atoms with Crippen molar-refractivity contribution in [3.8, 4) is 17.5 Å². The molecule has 0 spiro atoms. The molecule has 6 heteroatoms. The van der Waals surface area contributed by atoms with Gasteiger partial charge in [-0.25, -0.2) is 4.79 Å². The number of hydrogen-bond acceptors (Lipinski definition) is 6. The Morgan fingerprint density at radius 2 is 1.95 bits per heavy atom. The van der Waals surface area contributed by atoms with Crippen LogP contribution in [-0.2, 0) is 9.53 Å². The van der Waals surface area contributed by atoms with Gasteiger partial charge in [-0.2, -0.15) is 4.98 Å². The van der Waals surface area contributed by atoms with Gasteiger partial charge >= 0.3 is 5.97 Å².